The molecule has 0 amide bonds. The number of rotatable bonds is 2. The van der Waals surface area contributed by atoms with Crippen LogP contribution in [0, 0.1) is 28.6 Å². The summed E-state index contributed by atoms with van der Waals surface area (Å²) in [5.41, 5.74) is -0.396. The molecule has 0 aromatic rings. The molecule has 2 fully saturated rings. The van der Waals surface area contributed by atoms with E-state index in [0.29, 0.717) is 24.2 Å². The summed E-state index contributed by atoms with van der Waals surface area (Å²) in [7, 11) is 0. The van der Waals surface area contributed by atoms with Gasteiger partial charge in [-0.3, -0.25) is 14.4 Å². The van der Waals surface area contributed by atoms with E-state index in [4.69, 9.17) is 4.74 Å². The largest absolute Gasteiger partial charge is 0.451 e. The lowest BCUT2D eigenvalue weighted by atomic mass is 9.49. The normalized spacial score (nSPS) is 44.8. The molecule has 0 heterocycles. The minimum atomic E-state index is -1.00. The number of hydrogen-bond donors (Lipinski definition) is 0. The van der Waals surface area contributed by atoms with Gasteiger partial charge in [0.1, 0.15) is 0 Å². The second kappa shape index (κ2) is 5.76. The average molecular weight is 368 g/mol. The van der Waals surface area contributed by atoms with E-state index in [2.05, 4.69) is 32.1 Å². The van der Waals surface area contributed by atoms with E-state index in [1.165, 1.54) is 6.92 Å². The summed E-state index contributed by atoms with van der Waals surface area (Å²) >= 11 is 0. The summed E-state index contributed by atoms with van der Waals surface area (Å²) in [5, 5.41) is 0. The molecule has 4 nitrogen and oxygen atoms in total. The van der Waals surface area contributed by atoms with Crippen molar-refractivity contribution in [2.45, 2.75) is 59.0 Å². The minimum Gasteiger partial charge on any atom is -0.451 e. The fourth-order valence-electron chi connectivity index (χ4n) is 6.71. The van der Waals surface area contributed by atoms with Gasteiger partial charge < -0.3 is 4.74 Å². The first kappa shape index (κ1) is 18.4. The van der Waals surface area contributed by atoms with Crippen molar-refractivity contribution in [2.75, 3.05) is 0 Å². The lowest BCUT2D eigenvalue weighted by Gasteiger charge is -2.56. The van der Waals surface area contributed by atoms with Gasteiger partial charge in [-0.1, -0.05) is 32.1 Å². The molecule has 0 aliphatic heterocycles. The second-order valence-corrected chi connectivity index (χ2v) is 9.24. The van der Waals surface area contributed by atoms with Crippen LogP contribution in [0.2, 0.25) is 0 Å². The molecular formula is C23H28O4. The highest BCUT2D eigenvalue weighted by Crippen LogP contribution is 2.66. The summed E-state index contributed by atoms with van der Waals surface area (Å²) in [5.74, 6) is 0.657. The first-order valence-electron chi connectivity index (χ1n) is 9.98. The monoisotopic (exact) mass is 368 g/mol. The highest BCUT2D eigenvalue weighted by molar-refractivity contribution is 6.01. The summed E-state index contributed by atoms with van der Waals surface area (Å²) in [6.07, 6.45) is 13.2. The summed E-state index contributed by atoms with van der Waals surface area (Å²) in [6, 6.07) is 0. The summed E-state index contributed by atoms with van der Waals surface area (Å²) in [4.78, 5) is 36.4. The third-order valence-electron chi connectivity index (χ3n) is 8.12. The van der Waals surface area contributed by atoms with Crippen molar-refractivity contribution in [2.24, 2.45) is 28.6 Å². The zero-order valence-electron chi connectivity index (χ0n) is 16.6. The van der Waals surface area contributed by atoms with Gasteiger partial charge in [0.2, 0.25) is 0 Å². The van der Waals surface area contributed by atoms with Gasteiger partial charge in [-0.25, -0.2) is 0 Å². The third kappa shape index (κ3) is 2.31. The van der Waals surface area contributed by atoms with Crippen molar-refractivity contribution in [1.29, 1.82) is 0 Å². The Kier molecular flexibility index (Phi) is 3.93. The SMILES string of the molecule is CC(=O)O[C@]1(C(C)=O)CC[C@@H]2[C@@H]3C=CC4=CC(=O)C=C[C@]4(C)[C@H]3CC[C@@]21C. The van der Waals surface area contributed by atoms with Gasteiger partial charge in [-0.2, -0.15) is 0 Å². The van der Waals surface area contributed by atoms with Crippen LogP contribution in [0.5, 0.6) is 0 Å². The van der Waals surface area contributed by atoms with Gasteiger partial charge in [0, 0.05) is 17.8 Å². The smallest absolute Gasteiger partial charge is 0.303 e. The first-order valence-corrected chi connectivity index (χ1v) is 9.98. The third-order valence-corrected chi connectivity index (χ3v) is 8.12. The Bertz CT molecular complexity index is 818. The van der Waals surface area contributed by atoms with Crippen LogP contribution < -0.4 is 0 Å². The highest BCUT2D eigenvalue weighted by atomic mass is 16.6. The zero-order chi connectivity index (χ0) is 19.6. The summed E-state index contributed by atoms with van der Waals surface area (Å²) in [6.45, 7) is 7.34. The Morgan fingerprint density at radius 3 is 2.44 bits per heavy atom. The maximum atomic E-state index is 12.7. The molecule has 0 radical (unpaired) electrons. The quantitative estimate of drug-likeness (QED) is 0.692. The molecule has 4 aliphatic carbocycles. The van der Waals surface area contributed by atoms with E-state index in [1.54, 1.807) is 19.1 Å². The molecule has 0 bridgehead atoms. The Balaban J connectivity index is 1.76. The van der Waals surface area contributed by atoms with Crippen LogP contribution >= 0.6 is 0 Å². The van der Waals surface area contributed by atoms with Crippen molar-refractivity contribution < 1.29 is 19.1 Å². The van der Waals surface area contributed by atoms with E-state index in [1.807, 2.05) is 0 Å². The van der Waals surface area contributed by atoms with Gasteiger partial charge in [0.25, 0.3) is 0 Å². The molecular weight excluding hydrogens is 340 g/mol. The maximum absolute atomic E-state index is 12.7. The Hall–Kier alpha value is -1.97. The average Bonchev–Trinajstić information content (AvgIpc) is 2.89. The first-order chi connectivity index (χ1) is 12.6. The number of ketones is 2. The second-order valence-electron chi connectivity index (χ2n) is 9.24. The van der Waals surface area contributed by atoms with Crippen LogP contribution in [0.1, 0.15) is 53.4 Å². The lowest BCUT2D eigenvalue weighted by molar-refractivity contribution is -0.184. The topological polar surface area (TPSA) is 60.4 Å². The van der Waals surface area contributed by atoms with Gasteiger partial charge in [0.15, 0.2) is 17.2 Å². The van der Waals surface area contributed by atoms with Gasteiger partial charge in [0.05, 0.1) is 0 Å². The van der Waals surface area contributed by atoms with Gasteiger partial charge in [-0.15, -0.1) is 0 Å². The minimum absolute atomic E-state index is 0.0316. The number of esters is 1. The van der Waals surface area contributed by atoms with Crippen LogP contribution in [0.3, 0.4) is 0 Å². The number of carbonyl (C=O) groups is 3. The van der Waals surface area contributed by atoms with Crippen LogP contribution in [-0.2, 0) is 19.1 Å². The molecule has 0 aromatic heterocycles. The molecule has 4 aliphatic rings. The van der Waals surface area contributed by atoms with E-state index in [-0.39, 0.29) is 28.4 Å². The molecule has 4 heteroatoms. The molecule has 144 valence electrons. The number of allylic oxidation sites excluding steroid dienone is 6. The fourth-order valence-corrected chi connectivity index (χ4v) is 6.71. The standard InChI is InChI=1S/C23H28O4/c1-14(24)23(27-15(2)25)12-9-20-18-6-5-16-13-17(26)7-10-21(16,3)19(18)8-11-22(20,23)4/h5-7,10,13,18-20H,8-9,11-12H2,1-4H3/t18-,19+,20-,21+,22+,23+/m1/s1. The van der Waals surface area contributed by atoms with Gasteiger partial charge >= 0.3 is 5.97 Å². The highest BCUT2D eigenvalue weighted by Gasteiger charge is 2.67. The van der Waals surface area contributed by atoms with Crippen LogP contribution in [0.25, 0.3) is 0 Å². The number of ether oxygens (including phenoxy) is 1. The Morgan fingerprint density at radius 1 is 1.07 bits per heavy atom. The molecule has 0 unspecified atom stereocenters. The molecule has 2 saturated carbocycles. The molecule has 0 saturated heterocycles. The lowest BCUT2D eigenvalue weighted by Crippen LogP contribution is -2.57. The predicted molar refractivity (Wildman–Crippen MR) is 102 cm³/mol. The van der Waals surface area contributed by atoms with Crippen LogP contribution in [0.15, 0.2) is 36.0 Å². The van der Waals surface area contributed by atoms with E-state index in [9.17, 15) is 14.4 Å². The molecule has 0 aromatic carbocycles. The van der Waals surface area contributed by atoms with Crippen molar-refractivity contribution in [3.8, 4) is 0 Å². The van der Waals surface area contributed by atoms with E-state index >= 15 is 0 Å². The molecule has 27 heavy (non-hydrogen) atoms. The predicted octanol–water partition coefficient (Wildman–Crippen LogP) is 3.96. The van der Waals surface area contributed by atoms with E-state index < -0.39 is 5.60 Å². The molecule has 4 rings (SSSR count). The number of carbonyl (C=O) groups excluding carboxylic acids is 3. The van der Waals surface area contributed by atoms with E-state index in [0.717, 1.165) is 24.8 Å². The van der Waals surface area contributed by atoms with Crippen molar-refractivity contribution in [1.82, 2.24) is 0 Å². The van der Waals surface area contributed by atoms with Crippen molar-refractivity contribution >= 4 is 17.5 Å². The number of fused-ring (bicyclic) bond motifs is 5. The number of hydrogen-bond acceptors (Lipinski definition) is 4. The zero-order valence-corrected chi connectivity index (χ0v) is 16.6. The van der Waals surface area contributed by atoms with Gasteiger partial charge in [-0.05, 0) is 68.1 Å². The Labute approximate surface area is 160 Å². The number of Topliss-reactive ketones (excluding diaryl/α,β-unsaturated/α-hetero) is 1. The van der Waals surface area contributed by atoms with Crippen molar-refractivity contribution in [3.63, 3.8) is 0 Å². The Morgan fingerprint density at radius 2 is 1.78 bits per heavy atom. The van der Waals surface area contributed by atoms with Crippen molar-refractivity contribution in [3.05, 3.63) is 36.0 Å². The molecule has 0 spiro atoms. The molecule has 0 N–H and O–H groups in total. The fraction of sp³-hybridized carbons (Fsp3) is 0.609. The maximum Gasteiger partial charge on any atom is 0.303 e. The van der Waals surface area contributed by atoms with Crippen LogP contribution in [-0.4, -0.2) is 23.1 Å². The molecule has 6 atom stereocenters. The van der Waals surface area contributed by atoms with Crippen LogP contribution in [0.4, 0.5) is 0 Å². The summed E-state index contributed by atoms with van der Waals surface area (Å²) < 4.78 is 5.78.